The van der Waals surface area contributed by atoms with E-state index in [9.17, 15) is 4.79 Å². The molecule has 0 N–H and O–H groups in total. The summed E-state index contributed by atoms with van der Waals surface area (Å²) in [7, 11) is 0. The first kappa shape index (κ1) is 16.4. The van der Waals surface area contributed by atoms with Crippen molar-refractivity contribution in [1.29, 1.82) is 0 Å². The smallest absolute Gasteiger partial charge is 0.306 e. The van der Waals surface area contributed by atoms with Crippen molar-refractivity contribution in [1.82, 2.24) is 9.88 Å². The van der Waals surface area contributed by atoms with Crippen LogP contribution in [0.15, 0.2) is 5.38 Å². The van der Waals surface area contributed by atoms with Gasteiger partial charge in [0.2, 0.25) is 0 Å². The van der Waals surface area contributed by atoms with Crippen LogP contribution in [-0.4, -0.2) is 48.2 Å². The summed E-state index contributed by atoms with van der Waals surface area (Å²) in [5.74, 6) is -0.160. The molecule has 5 nitrogen and oxygen atoms in total. The number of rotatable bonds is 6. The molecule has 2 heterocycles. The third kappa shape index (κ3) is 4.76. The Balaban J connectivity index is 1.88. The van der Waals surface area contributed by atoms with Crippen LogP contribution in [0.3, 0.4) is 0 Å². The zero-order chi connectivity index (χ0) is 15.2. The maximum atomic E-state index is 11.4. The van der Waals surface area contributed by atoms with Gasteiger partial charge in [-0.3, -0.25) is 9.69 Å². The topological polar surface area (TPSA) is 51.7 Å². The second kappa shape index (κ2) is 7.87. The monoisotopic (exact) mass is 312 g/mol. The number of aromatic nitrogens is 1. The molecule has 1 fully saturated rings. The fourth-order valence-corrected chi connectivity index (χ4v) is 3.23. The first-order chi connectivity index (χ1) is 10.1. The van der Waals surface area contributed by atoms with Gasteiger partial charge in [-0.05, 0) is 20.8 Å². The van der Waals surface area contributed by atoms with Crippen LogP contribution in [0, 0.1) is 0 Å². The molecule has 0 saturated carbocycles. The van der Waals surface area contributed by atoms with Gasteiger partial charge in [-0.25, -0.2) is 4.98 Å². The summed E-state index contributed by atoms with van der Waals surface area (Å²) >= 11 is 1.62. The van der Waals surface area contributed by atoms with Gasteiger partial charge in [-0.2, -0.15) is 0 Å². The van der Waals surface area contributed by atoms with Crippen LogP contribution in [0.2, 0.25) is 0 Å². The number of ether oxygens (including phenoxy) is 2. The van der Waals surface area contributed by atoms with Crippen molar-refractivity contribution in [2.45, 2.75) is 45.8 Å². The van der Waals surface area contributed by atoms with Gasteiger partial charge in [-0.1, -0.05) is 0 Å². The third-order valence-electron chi connectivity index (χ3n) is 3.56. The first-order valence-corrected chi connectivity index (χ1v) is 8.43. The fraction of sp³-hybridized carbons (Fsp3) is 0.733. The minimum atomic E-state index is -0.160. The Morgan fingerprint density at radius 2 is 2.43 bits per heavy atom. The normalized spacial score (nSPS) is 19.9. The molecule has 1 saturated heterocycles. The number of aryl methyl sites for hydroxylation is 1. The van der Waals surface area contributed by atoms with Crippen LogP contribution in [-0.2, 0) is 20.7 Å². The van der Waals surface area contributed by atoms with Crippen LogP contribution in [0.25, 0.3) is 0 Å². The Kier molecular flexibility index (Phi) is 6.14. The number of nitrogens with zero attached hydrogens (tertiary/aromatic N) is 2. The highest BCUT2D eigenvalue weighted by atomic mass is 32.1. The molecular formula is C15H24N2O3S. The highest BCUT2D eigenvalue weighted by molar-refractivity contribution is 7.09. The van der Waals surface area contributed by atoms with E-state index in [1.165, 1.54) is 0 Å². The van der Waals surface area contributed by atoms with E-state index >= 15 is 0 Å². The largest absolute Gasteiger partial charge is 0.466 e. The maximum absolute atomic E-state index is 11.4. The molecule has 1 unspecified atom stereocenters. The summed E-state index contributed by atoms with van der Waals surface area (Å²) < 4.78 is 10.8. The SMILES string of the molecule is CCOC(=O)CCc1csc(C2CN(C(C)C)CCO2)n1. The maximum Gasteiger partial charge on any atom is 0.306 e. The highest BCUT2D eigenvalue weighted by Crippen LogP contribution is 2.26. The van der Waals surface area contributed by atoms with Gasteiger partial charge in [0.05, 0.1) is 25.3 Å². The van der Waals surface area contributed by atoms with Gasteiger partial charge in [-0.15, -0.1) is 11.3 Å². The van der Waals surface area contributed by atoms with Crippen LogP contribution < -0.4 is 0 Å². The van der Waals surface area contributed by atoms with E-state index in [0.717, 1.165) is 30.4 Å². The van der Waals surface area contributed by atoms with Gasteiger partial charge in [0.1, 0.15) is 11.1 Å². The van der Waals surface area contributed by atoms with Crippen molar-refractivity contribution in [2.75, 3.05) is 26.3 Å². The molecule has 1 aliphatic heterocycles. The van der Waals surface area contributed by atoms with Gasteiger partial charge < -0.3 is 9.47 Å². The zero-order valence-corrected chi connectivity index (χ0v) is 13.8. The van der Waals surface area contributed by atoms with Crippen molar-refractivity contribution in [3.63, 3.8) is 0 Å². The Labute approximate surface area is 130 Å². The van der Waals surface area contributed by atoms with Crippen molar-refractivity contribution in [3.05, 3.63) is 16.1 Å². The minimum Gasteiger partial charge on any atom is -0.466 e. The third-order valence-corrected chi connectivity index (χ3v) is 4.55. The Morgan fingerprint density at radius 1 is 1.62 bits per heavy atom. The molecule has 0 bridgehead atoms. The quantitative estimate of drug-likeness (QED) is 0.755. The summed E-state index contributed by atoms with van der Waals surface area (Å²) in [6, 6.07) is 0.527. The summed E-state index contributed by atoms with van der Waals surface area (Å²) in [4.78, 5) is 18.4. The number of carbonyl (C=O) groups is 1. The molecule has 118 valence electrons. The summed E-state index contributed by atoms with van der Waals surface area (Å²) in [5, 5.41) is 3.03. The van der Waals surface area contributed by atoms with Crippen molar-refractivity contribution in [2.24, 2.45) is 0 Å². The molecule has 0 aliphatic carbocycles. The molecule has 0 amide bonds. The molecule has 21 heavy (non-hydrogen) atoms. The van der Waals surface area contributed by atoms with E-state index in [1.54, 1.807) is 11.3 Å². The lowest BCUT2D eigenvalue weighted by Crippen LogP contribution is -2.42. The second-order valence-corrected chi connectivity index (χ2v) is 6.32. The summed E-state index contributed by atoms with van der Waals surface area (Å²) in [6.45, 7) is 9.28. The molecule has 0 spiro atoms. The average Bonchev–Trinajstić information content (AvgIpc) is 2.94. The lowest BCUT2D eigenvalue weighted by atomic mass is 10.2. The highest BCUT2D eigenvalue weighted by Gasteiger charge is 2.25. The van der Waals surface area contributed by atoms with Gasteiger partial charge in [0.25, 0.3) is 0 Å². The molecule has 1 aliphatic rings. The van der Waals surface area contributed by atoms with E-state index < -0.39 is 0 Å². The Hall–Kier alpha value is -0.980. The molecule has 1 aromatic heterocycles. The summed E-state index contributed by atoms with van der Waals surface area (Å²) in [6.07, 6.45) is 1.08. The Bertz CT molecular complexity index is 462. The van der Waals surface area contributed by atoms with Crippen molar-refractivity contribution < 1.29 is 14.3 Å². The molecule has 1 atom stereocenters. The van der Waals surface area contributed by atoms with Crippen LogP contribution in [0.5, 0.6) is 0 Å². The van der Waals surface area contributed by atoms with E-state index in [2.05, 4.69) is 23.7 Å². The first-order valence-electron chi connectivity index (χ1n) is 7.55. The van der Waals surface area contributed by atoms with E-state index in [4.69, 9.17) is 9.47 Å². The standard InChI is InChI=1S/C15H24N2O3S/c1-4-19-14(18)6-5-12-10-21-15(16-12)13-9-17(11(2)3)7-8-20-13/h10-11,13H,4-9H2,1-3H3. The molecular weight excluding hydrogens is 288 g/mol. The number of thiazole rings is 1. The summed E-state index contributed by atoms with van der Waals surface area (Å²) in [5.41, 5.74) is 0.952. The predicted octanol–water partition coefficient (Wildman–Crippen LogP) is 2.42. The lowest BCUT2D eigenvalue weighted by Gasteiger charge is -2.34. The fourth-order valence-electron chi connectivity index (χ4n) is 2.34. The second-order valence-electron chi connectivity index (χ2n) is 5.43. The van der Waals surface area contributed by atoms with Gasteiger partial charge in [0, 0.05) is 30.9 Å². The van der Waals surface area contributed by atoms with Gasteiger partial charge in [0.15, 0.2) is 0 Å². The van der Waals surface area contributed by atoms with Crippen molar-refractivity contribution >= 4 is 17.3 Å². The predicted molar refractivity (Wildman–Crippen MR) is 82.5 cm³/mol. The number of carbonyl (C=O) groups excluding carboxylic acids is 1. The van der Waals surface area contributed by atoms with Gasteiger partial charge >= 0.3 is 5.97 Å². The molecule has 0 aromatic carbocycles. The number of morpholine rings is 1. The molecule has 0 radical (unpaired) electrons. The van der Waals surface area contributed by atoms with Crippen LogP contribution >= 0.6 is 11.3 Å². The molecule has 6 heteroatoms. The minimum absolute atomic E-state index is 0.0579. The molecule has 1 aromatic rings. The van der Waals surface area contributed by atoms with E-state index in [1.807, 2.05) is 12.3 Å². The van der Waals surface area contributed by atoms with Crippen LogP contribution in [0.4, 0.5) is 0 Å². The zero-order valence-electron chi connectivity index (χ0n) is 13.0. The van der Waals surface area contributed by atoms with E-state index in [-0.39, 0.29) is 12.1 Å². The average molecular weight is 312 g/mol. The number of esters is 1. The van der Waals surface area contributed by atoms with Crippen molar-refractivity contribution in [3.8, 4) is 0 Å². The number of hydrogen-bond acceptors (Lipinski definition) is 6. The number of hydrogen-bond donors (Lipinski definition) is 0. The van der Waals surface area contributed by atoms with E-state index in [0.29, 0.717) is 25.5 Å². The Morgan fingerprint density at radius 3 is 3.14 bits per heavy atom. The van der Waals surface area contributed by atoms with Crippen LogP contribution in [0.1, 0.15) is 44.0 Å². The lowest BCUT2D eigenvalue weighted by molar-refractivity contribution is -0.143. The molecule has 2 rings (SSSR count).